The van der Waals surface area contributed by atoms with E-state index in [-0.39, 0.29) is 0 Å². The lowest BCUT2D eigenvalue weighted by Crippen LogP contribution is -2.22. The first-order valence-electron chi connectivity index (χ1n) is 4.38. The molecule has 1 aliphatic carbocycles. The highest BCUT2D eigenvalue weighted by molar-refractivity contribution is 7.80. The number of nitrogens with one attached hydrogen (secondary N) is 1. The van der Waals surface area contributed by atoms with Crippen molar-refractivity contribution >= 4 is 12.6 Å². The van der Waals surface area contributed by atoms with Crippen LogP contribution in [0.25, 0.3) is 0 Å². The van der Waals surface area contributed by atoms with Crippen LogP contribution in [0.15, 0.2) is 23.7 Å². The van der Waals surface area contributed by atoms with Crippen molar-refractivity contribution in [2.24, 2.45) is 5.92 Å². The predicted octanol–water partition coefficient (Wildman–Crippen LogP) is 1.26. The Morgan fingerprint density at radius 2 is 2.46 bits per heavy atom. The van der Waals surface area contributed by atoms with Crippen LogP contribution in [0.4, 0.5) is 0 Å². The van der Waals surface area contributed by atoms with Crippen molar-refractivity contribution in [3.8, 4) is 0 Å². The zero-order chi connectivity index (χ0) is 9.10. The quantitative estimate of drug-likeness (QED) is 0.530. The Bertz CT molecular complexity index is 250. The second-order valence-corrected chi connectivity index (χ2v) is 3.45. The van der Waals surface area contributed by atoms with Gasteiger partial charge in [0.1, 0.15) is 5.76 Å². The summed E-state index contributed by atoms with van der Waals surface area (Å²) in [6.07, 6.45) is 5.09. The summed E-state index contributed by atoms with van der Waals surface area (Å²) < 4.78 is 10.6. The molecule has 0 saturated heterocycles. The van der Waals surface area contributed by atoms with Gasteiger partial charge in [-0.05, 0) is 12.0 Å². The van der Waals surface area contributed by atoms with Crippen molar-refractivity contribution in [3.05, 3.63) is 23.7 Å². The van der Waals surface area contributed by atoms with Gasteiger partial charge < -0.3 is 14.8 Å². The fourth-order valence-corrected chi connectivity index (χ4v) is 1.67. The monoisotopic (exact) mass is 199 g/mol. The summed E-state index contributed by atoms with van der Waals surface area (Å²) in [6.45, 7) is 1.32. The molecule has 2 rings (SSSR count). The minimum Gasteiger partial charge on any atom is -0.458 e. The molecule has 0 bridgehead atoms. The van der Waals surface area contributed by atoms with Crippen LogP contribution in [0, 0.1) is 5.92 Å². The Labute approximate surface area is 83.2 Å². The topological polar surface area (TPSA) is 30.5 Å². The van der Waals surface area contributed by atoms with E-state index in [0.717, 1.165) is 24.5 Å². The van der Waals surface area contributed by atoms with Gasteiger partial charge in [0.25, 0.3) is 0 Å². The molecule has 1 atom stereocenters. The molecule has 0 spiro atoms. The van der Waals surface area contributed by atoms with Crippen LogP contribution < -0.4 is 5.32 Å². The molecule has 0 aromatic rings. The van der Waals surface area contributed by atoms with E-state index in [1.54, 1.807) is 0 Å². The maximum Gasteiger partial charge on any atom is 0.230 e. The summed E-state index contributed by atoms with van der Waals surface area (Å²) in [5.74, 6) is 3.12. The van der Waals surface area contributed by atoms with Gasteiger partial charge in [0.05, 0.1) is 0 Å². The van der Waals surface area contributed by atoms with Crippen LogP contribution >= 0.6 is 12.6 Å². The van der Waals surface area contributed by atoms with Crippen LogP contribution in [0.5, 0.6) is 0 Å². The fourth-order valence-electron chi connectivity index (χ4n) is 1.54. The molecule has 3 nitrogen and oxygen atoms in total. The normalized spacial score (nSPS) is 25.5. The SMILES string of the molecule is SCNCC1C=CC2=C(C1)OCO2. The first-order chi connectivity index (χ1) is 6.40. The number of hydrogen-bond acceptors (Lipinski definition) is 4. The molecule has 0 radical (unpaired) electrons. The van der Waals surface area contributed by atoms with E-state index < -0.39 is 0 Å². The van der Waals surface area contributed by atoms with Crippen molar-refractivity contribution in [2.75, 3.05) is 19.2 Å². The Balaban J connectivity index is 1.90. The third-order valence-electron chi connectivity index (χ3n) is 2.21. The van der Waals surface area contributed by atoms with Gasteiger partial charge in [-0.15, -0.1) is 0 Å². The summed E-state index contributed by atoms with van der Waals surface area (Å²) >= 11 is 4.09. The zero-order valence-corrected chi connectivity index (χ0v) is 8.22. The average Bonchev–Trinajstić information content (AvgIpc) is 2.61. The molecule has 1 heterocycles. The molecule has 0 amide bonds. The van der Waals surface area contributed by atoms with E-state index in [2.05, 4.69) is 24.0 Å². The van der Waals surface area contributed by atoms with E-state index in [4.69, 9.17) is 9.47 Å². The Morgan fingerprint density at radius 1 is 1.54 bits per heavy atom. The van der Waals surface area contributed by atoms with Crippen molar-refractivity contribution in [2.45, 2.75) is 6.42 Å². The van der Waals surface area contributed by atoms with E-state index in [0.29, 0.717) is 18.6 Å². The molecule has 72 valence electrons. The summed E-state index contributed by atoms with van der Waals surface area (Å²) in [5.41, 5.74) is 0. The van der Waals surface area contributed by atoms with Gasteiger partial charge in [0.15, 0.2) is 5.76 Å². The third-order valence-corrected chi connectivity index (χ3v) is 2.43. The van der Waals surface area contributed by atoms with E-state index >= 15 is 0 Å². The lowest BCUT2D eigenvalue weighted by Gasteiger charge is -2.15. The molecule has 13 heavy (non-hydrogen) atoms. The smallest absolute Gasteiger partial charge is 0.230 e. The van der Waals surface area contributed by atoms with Gasteiger partial charge >= 0.3 is 0 Å². The lowest BCUT2D eigenvalue weighted by molar-refractivity contribution is 0.0718. The van der Waals surface area contributed by atoms with Gasteiger partial charge in [-0.25, -0.2) is 0 Å². The fraction of sp³-hybridized carbons (Fsp3) is 0.556. The minimum atomic E-state index is 0.377. The summed E-state index contributed by atoms with van der Waals surface area (Å²) in [6, 6.07) is 0. The van der Waals surface area contributed by atoms with Gasteiger partial charge in [-0.2, -0.15) is 12.6 Å². The molecular formula is C9H13NO2S. The molecule has 0 aromatic carbocycles. The highest BCUT2D eigenvalue weighted by Gasteiger charge is 2.22. The van der Waals surface area contributed by atoms with Crippen LogP contribution in [-0.4, -0.2) is 19.2 Å². The summed E-state index contributed by atoms with van der Waals surface area (Å²) in [7, 11) is 0. The average molecular weight is 199 g/mol. The maximum absolute atomic E-state index is 5.33. The number of rotatable bonds is 3. The van der Waals surface area contributed by atoms with Crippen LogP contribution in [-0.2, 0) is 9.47 Å². The summed E-state index contributed by atoms with van der Waals surface area (Å²) in [4.78, 5) is 0. The molecular weight excluding hydrogens is 186 g/mol. The van der Waals surface area contributed by atoms with Crippen LogP contribution in [0.3, 0.4) is 0 Å². The molecule has 1 N–H and O–H groups in total. The first kappa shape index (κ1) is 8.97. The molecule has 0 aromatic heterocycles. The largest absolute Gasteiger partial charge is 0.458 e. The molecule has 0 saturated carbocycles. The highest BCUT2D eigenvalue weighted by Crippen LogP contribution is 2.28. The number of allylic oxidation sites excluding steroid dienone is 2. The van der Waals surface area contributed by atoms with Crippen LogP contribution in [0.1, 0.15) is 6.42 Å². The van der Waals surface area contributed by atoms with E-state index in [9.17, 15) is 0 Å². The zero-order valence-electron chi connectivity index (χ0n) is 7.32. The van der Waals surface area contributed by atoms with Crippen molar-refractivity contribution in [3.63, 3.8) is 0 Å². The molecule has 1 aliphatic heterocycles. The third kappa shape index (κ3) is 2.00. The molecule has 0 fully saturated rings. The van der Waals surface area contributed by atoms with Gasteiger partial charge in [-0.1, -0.05) is 6.08 Å². The van der Waals surface area contributed by atoms with Gasteiger partial charge in [0, 0.05) is 18.8 Å². The molecule has 4 heteroatoms. The van der Waals surface area contributed by atoms with Crippen molar-refractivity contribution in [1.29, 1.82) is 0 Å². The minimum absolute atomic E-state index is 0.377. The first-order valence-corrected chi connectivity index (χ1v) is 5.02. The Morgan fingerprint density at radius 3 is 3.31 bits per heavy atom. The maximum atomic E-state index is 5.33. The number of thiol groups is 1. The second kappa shape index (κ2) is 4.07. The summed E-state index contributed by atoms with van der Waals surface area (Å²) in [5, 5.41) is 3.19. The van der Waals surface area contributed by atoms with Crippen molar-refractivity contribution < 1.29 is 9.47 Å². The highest BCUT2D eigenvalue weighted by atomic mass is 32.1. The van der Waals surface area contributed by atoms with E-state index in [1.807, 2.05) is 6.08 Å². The lowest BCUT2D eigenvalue weighted by atomic mass is 9.99. The van der Waals surface area contributed by atoms with Crippen LogP contribution in [0.2, 0.25) is 0 Å². The molecule has 1 unspecified atom stereocenters. The number of hydrogen-bond donors (Lipinski definition) is 2. The Kier molecular flexibility index (Phi) is 2.80. The van der Waals surface area contributed by atoms with E-state index in [1.165, 1.54) is 0 Å². The van der Waals surface area contributed by atoms with Crippen molar-refractivity contribution in [1.82, 2.24) is 5.32 Å². The number of ether oxygens (including phenoxy) is 2. The van der Waals surface area contributed by atoms with Gasteiger partial charge in [-0.3, -0.25) is 0 Å². The second-order valence-electron chi connectivity index (χ2n) is 3.13. The standard InChI is InChI=1S/C9H13NO2S/c13-5-10-4-7-1-2-8-9(3-7)12-6-11-8/h1-2,7,10,13H,3-6H2. The Hall–Kier alpha value is -0.610. The molecule has 2 aliphatic rings. The van der Waals surface area contributed by atoms with Gasteiger partial charge in [0.2, 0.25) is 6.79 Å². The predicted molar refractivity (Wildman–Crippen MR) is 53.2 cm³/mol.